The van der Waals surface area contributed by atoms with E-state index in [1.165, 1.54) is 24.3 Å². The Hall–Kier alpha value is -6.85. The first kappa shape index (κ1) is 42.7. The molecule has 0 radical (unpaired) electrons. The summed E-state index contributed by atoms with van der Waals surface area (Å²) in [6.07, 6.45) is 0. The lowest BCUT2D eigenvalue weighted by Gasteiger charge is -2.15. The average Bonchev–Trinajstić information content (AvgIpc) is 3.13. The fourth-order valence-corrected chi connectivity index (χ4v) is 7.68. The first-order chi connectivity index (χ1) is 27.8. The van der Waals surface area contributed by atoms with Crippen molar-refractivity contribution in [3.63, 3.8) is 0 Å². The summed E-state index contributed by atoms with van der Waals surface area (Å²) >= 11 is 0. The summed E-state index contributed by atoms with van der Waals surface area (Å²) in [6.45, 7) is 0. The lowest BCUT2D eigenvalue weighted by molar-refractivity contribution is 0.262. The molecule has 23 nitrogen and oxygen atoms in total. The zero-order valence-electron chi connectivity index (χ0n) is 29.1. The Morgan fingerprint density at radius 2 is 0.833 bits per heavy atom. The van der Waals surface area contributed by atoms with E-state index in [-0.39, 0.29) is 32.9 Å². The van der Waals surface area contributed by atoms with E-state index in [0.29, 0.717) is 12.1 Å². The summed E-state index contributed by atoms with van der Waals surface area (Å²) in [5.41, 5.74) is -3.22. The molecule has 6 rings (SSSR count). The van der Waals surface area contributed by atoms with Gasteiger partial charge in [0.1, 0.15) is 74.7 Å². The van der Waals surface area contributed by atoms with Gasteiger partial charge in [-0.3, -0.25) is 0 Å². The molecule has 6 aromatic rings. The number of aromatic hydroxyl groups is 4. The van der Waals surface area contributed by atoms with Gasteiger partial charge < -0.3 is 49.3 Å². The van der Waals surface area contributed by atoms with Gasteiger partial charge in [0.2, 0.25) is 0 Å². The number of amides is 2. The van der Waals surface area contributed by atoms with Crippen molar-refractivity contribution in [1.82, 2.24) is 0 Å². The van der Waals surface area contributed by atoms with Gasteiger partial charge in [-0.1, -0.05) is 0 Å². The van der Waals surface area contributed by atoms with Crippen LogP contribution in [-0.2, 0) is 40.5 Å². The molecule has 0 aliphatic heterocycles. The molecule has 6 N–H and O–H groups in total. The monoisotopic (exact) mass is 900 g/mol. The highest BCUT2D eigenvalue weighted by Gasteiger charge is 2.21. The van der Waals surface area contributed by atoms with Crippen molar-refractivity contribution >= 4 is 102 Å². The van der Waals surface area contributed by atoms with Crippen LogP contribution in [0.1, 0.15) is 0 Å². The zero-order chi connectivity index (χ0) is 44.1. The number of azo groups is 2. The molecule has 60 heavy (non-hydrogen) atoms. The molecule has 27 heteroatoms. The molecule has 0 bridgehead atoms. The maximum absolute atomic E-state index is 13.0. The van der Waals surface area contributed by atoms with Crippen LogP contribution in [-0.4, -0.2) is 78.3 Å². The molecular formula is C33H20N6O17S4-4. The number of nitrogens with zero attached hydrogens (tertiary/aromatic N) is 4. The third-order valence-corrected chi connectivity index (χ3v) is 11.5. The molecule has 0 aliphatic rings. The minimum absolute atomic E-state index is 0.0545. The molecule has 0 unspecified atom stereocenters. The molecule has 312 valence electrons. The van der Waals surface area contributed by atoms with Crippen LogP contribution in [0, 0.1) is 0 Å². The van der Waals surface area contributed by atoms with Crippen LogP contribution in [0.3, 0.4) is 0 Å². The van der Waals surface area contributed by atoms with Crippen LogP contribution >= 0.6 is 0 Å². The van der Waals surface area contributed by atoms with Gasteiger partial charge in [0.05, 0.1) is 19.6 Å². The highest BCUT2D eigenvalue weighted by molar-refractivity contribution is 7.86. The summed E-state index contributed by atoms with van der Waals surface area (Å²) in [6, 6.07) is 12.0. The zero-order valence-corrected chi connectivity index (χ0v) is 32.4. The number of rotatable bonds is 10. The van der Waals surface area contributed by atoms with Gasteiger partial charge in [0, 0.05) is 22.1 Å². The highest BCUT2D eigenvalue weighted by atomic mass is 32.2. The van der Waals surface area contributed by atoms with Crippen molar-refractivity contribution in [2.24, 2.45) is 20.5 Å². The number of urea groups is 1. The Bertz CT molecular complexity index is 3120. The van der Waals surface area contributed by atoms with E-state index in [9.17, 15) is 77.1 Å². The number of phenolic OH excluding ortho intramolecular Hbond substituents is 4. The van der Waals surface area contributed by atoms with Gasteiger partial charge >= 0.3 is 6.03 Å². The highest BCUT2D eigenvalue weighted by Crippen LogP contribution is 2.44. The fourth-order valence-electron chi connectivity index (χ4n) is 5.41. The van der Waals surface area contributed by atoms with Gasteiger partial charge in [-0.25, -0.2) is 38.5 Å². The largest absolute Gasteiger partial charge is 0.744 e. The van der Waals surface area contributed by atoms with Crippen LogP contribution < -0.4 is 10.6 Å². The van der Waals surface area contributed by atoms with Crippen LogP contribution in [0.25, 0.3) is 21.5 Å². The van der Waals surface area contributed by atoms with Gasteiger partial charge in [-0.05, 0) is 95.7 Å². The quantitative estimate of drug-likeness (QED) is 0.0785. The molecule has 2 amide bonds. The number of anilines is 2. The number of hydrogen-bond acceptors (Lipinski definition) is 21. The van der Waals surface area contributed by atoms with E-state index in [2.05, 4.69) is 31.1 Å². The van der Waals surface area contributed by atoms with E-state index in [4.69, 9.17) is 0 Å². The second-order valence-electron chi connectivity index (χ2n) is 12.1. The van der Waals surface area contributed by atoms with Crippen LogP contribution in [0.4, 0.5) is 38.9 Å². The van der Waals surface area contributed by atoms with Crippen molar-refractivity contribution in [2.45, 2.75) is 19.6 Å². The number of nitrogens with one attached hydrogen (secondary N) is 2. The Balaban J connectivity index is 1.29. The minimum Gasteiger partial charge on any atom is -0.744 e. The van der Waals surface area contributed by atoms with E-state index in [1.54, 1.807) is 0 Å². The third kappa shape index (κ3) is 9.06. The number of fused-ring (bicyclic) bond motifs is 2. The Kier molecular flexibility index (Phi) is 11.0. The number of benzene rings is 6. The Morgan fingerprint density at radius 3 is 1.17 bits per heavy atom. The van der Waals surface area contributed by atoms with E-state index < -0.39 is 112 Å². The molecule has 0 aromatic heterocycles. The molecule has 0 saturated heterocycles. The van der Waals surface area contributed by atoms with Crippen molar-refractivity contribution in [2.75, 3.05) is 10.6 Å². The maximum Gasteiger partial charge on any atom is 0.323 e. The van der Waals surface area contributed by atoms with Gasteiger partial charge in [-0.15, -0.1) is 20.5 Å². The predicted molar refractivity (Wildman–Crippen MR) is 200 cm³/mol. The van der Waals surface area contributed by atoms with E-state index in [1.807, 2.05) is 0 Å². The molecular weight excluding hydrogens is 881 g/mol. The van der Waals surface area contributed by atoms with Crippen molar-refractivity contribution < 1.29 is 77.1 Å². The average molecular weight is 901 g/mol. The molecule has 6 aromatic carbocycles. The van der Waals surface area contributed by atoms with Crippen LogP contribution in [0.2, 0.25) is 0 Å². The fraction of sp³-hybridized carbons (Fsp3) is 0. The summed E-state index contributed by atoms with van der Waals surface area (Å²) in [5.74, 6) is -3.23. The maximum atomic E-state index is 13.0. The van der Waals surface area contributed by atoms with Crippen molar-refractivity contribution in [3.8, 4) is 23.0 Å². The van der Waals surface area contributed by atoms with Crippen molar-refractivity contribution in [1.29, 1.82) is 0 Å². The lowest BCUT2D eigenvalue weighted by Crippen LogP contribution is -2.19. The SMILES string of the molecule is O=C(Nc1ccc2c(O)c(N=Nc3cc(S(=O)(=O)[O-])ccc3O)c(S(=O)(=O)[O-])cc2c1)Nc1ccc2c(O)c(N=Nc3cc(S(=O)(=O)[O-])ccc3O)c(S(=O)(=O)[O-])cc2c1. The number of carbonyl (C=O) groups is 1. The Labute approximate surface area is 336 Å². The second-order valence-corrected chi connectivity index (χ2v) is 17.6. The van der Waals surface area contributed by atoms with Crippen molar-refractivity contribution in [3.05, 3.63) is 84.9 Å². The van der Waals surface area contributed by atoms with Gasteiger partial charge in [0.15, 0.2) is 11.5 Å². The summed E-state index contributed by atoms with van der Waals surface area (Å²) in [5, 5.41) is 60.2. The molecule has 0 aliphatic carbocycles. The first-order valence-electron chi connectivity index (χ1n) is 15.8. The normalized spacial score (nSPS) is 12.7. The van der Waals surface area contributed by atoms with Gasteiger partial charge in [-0.2, -0.15) is 0 Å². The van der Waals surface area contributed by atoms with Crippen LogP contribution in [0.5, 0.6) is 23.0 Å². The number of carbonyl (C=O) groups excluding carboxylic acids is 1. The summed E-state index contributed by atoms with van der Waals surface area (Å²) in [4.78, 5) is 9.08. The standard InChI is InChI=1S/C33H24N6O17S4/c40-25-7-3-19(57(45,46)47)13-23(25)36-38-29-27(59(51,52)53)11-15-9-17(1-5-21(15)31(29)42)34-33(44)35-18-2-6-22-16(10-18)12-28(60(54,55)56)30(32(22)43)39-37-24-14-20(58(48,49)50)4-8-26(24)41/h1-14,40-43H,(H2,34,35,44)(H,45,46,47)(H,48,49,50)(H,51,52,53)(H,54,55,56)/p-4. The Morgan fingerprint density at radius 1 is 0.467 bits per heavy atom. The topological polar surface area (TPSA) is 400 Å². The molecule has 0 saturated carbocycles. The molecule has 0 spiro atoms. The second kappa shape index (κ2) is 15.4. The van der Waals surface area contributed by atoms with Crippen LogP contribution in [0.15, 0.2) is 125 Å². The summed E-state index contributed by atoms with van der Waals surface area (Å²) < 4.78 is 141. The first-order valence-corrected chi connectivity index (χ1v) is 21.4. The minimum atomic E-state index is -5.43. The van der Waals surface area contributed by atoms with E-state index >= 15 is 0 Å². The molecule has 0 fully saturated rings. The third-order valence-electron chi connectivity index (χ3n) is 8.14. The molecule has 0 heterocycles. The predicted octanol–water partition coefficient (Wildman–Crippen LogP) is 4.91. The molecule has 0 atom stereocenters. The number of hydrogen-bond donors (Lipinski definition) is 6. The van der Waals surface area contributed by atoms with E-state index in [0.717, 1.165) is 48.5 Å². The summed E-state index contributed by atoms with van der Waals surface area (Å²) in [7, 11) is -20.9. The lowest BCUT2D eigenvalue weighted by atomic mass is 10.1. The van der Waals surface area contributed by atoms with Gasteiger partial charge in [0.25, 0.3) is 0 Å². The number of phenols is 4. The smallest absolute Gasteiger partial charge is 0.323 e.